The largest absolute Gasteiger partial charge is 0.271 e. The number of nitrogens with two attached hydrogens (primary N) is 1. The highest BCUT2D eigenvalue weighted by Gasteiger charge is 2.19. The van der Waals surface area contributed by atoms with Crippen LogP contribution in [-0.2, 0) is 6.42 Å². The van der Waals surface area contributed by atoms with Crippen LogP contribution in [0.25, 0.3) is 0 Å². The molecule has 1 heterocycles. The molecule has 0 amide bonds. The van der Waals surface area contributed by atoms with Crippen LogP contribution in [0, 0.1) is 11.7 Å². The van der Waals surface area contributed by atoms with Gasteiger partial charge in [-0.15, -0.1) is 0 Å². The summed E-state index contributed by atoms with van der Waals surface area (Å²) < 4.78 is 14.6. The summed E-state index contributed by atoms with van der Waals surface area (Å²) in [4.78, 5) is 0. The van der Waals surface area contributed by atoms with Crippen LogP contribution >= 0.6 is 27.7 Å². The molecule has 5 heteroatoms. The van der Waals surface area contributed by atoms with Gasteiger partial charge in [0.2, 0.25) is 0 Å². The van der Waals surface area contributed by atoms with Gasteiger partial charge >= 0.3 is 0 Å². The molecule has 0 spiro atoms. The Hall–Kier alpha value is -0.100. The first kappa shape index (κ1) is 15.3. The maximum absolute atomic E-state index is 13.8. The number of thioether (sulfide) groups is 1. The summed E-state index contributed by atoms with van der Waals surface area (Å²) >= 11 is 5.30. The van der Waals surface area contributed by atoms with Gasteiger partial charge in [0, 0.05) is 10.5 Å². The van der Waals surface area contributed by atoms with Crippen molar-refractivity contribution in [1.82, 2.24) is 5.43 Å². The molecule has 1 aromatic carbocycles. The number of rotatable bonds is 5. The van der Waals surface area contributed by atoms with Crippen LogP contribution in [0.2, 0.25) is 0 Å². The van der Waals surface area contributed by atoms with Crippen molar-refractivity contribution in [3.05, 3.63) is 34.1 Å². The molecule has 106 valence electrons. The van der Waals surface area contributed by atoms with Gasteiger partial charge in [0.15, 0.2) is 0 Å². The van der Waals surface area contributed by atoms with Gasteiger partial charge < -0.3 is 0 Å². The van der Waals surface area contributed by atoms with E-state index in [1.54, 1.807) is 0 Å². The summed E-state index contributed by atoms with van der Waals surface area (Å²) in [5.41, 5.74) is 3.59. The number of nitrogens with one attached hydrogen (secondary N) is 1. The van der Waals surface area contributed by atoms with Gasteiger partial charge in [-0.3, -0.25) is 11.3 Å². The van der Waals surface area contributed by atoms with E-state index in [4.69, 9.17) is 5.84 Å². The van der Waals surface area contributed by atoms with Gasteiger partial charge in [0.1, 0.15) is 5.82 Å². The molecule has 1 atom stereocenters. The predicted octanol–water partition coefficient (Wildman–Crippen LogP) is 3.50. The Balaban J connectivity index is 1.94. The van der Waals surface area contributed by atoms with Crippen molar-refractivity contribution in [2.45, 2.75) is 31.7 Å². The molecule has 0 bridgehead atoms. The lowest BCUT2D eigenvalue weighted by atomic mass is 9.91. The van der Waals surface area contributed by atoms with Gasteiger partial charge in [0.25, 0.3) is 0 Å². The molecule has 1 aliphatic heterocycles. The van der Waals surface area contributed by atoms with Crippen LogP contribution in [0.4, 0.5) is 4.39 Å². The Morgan fingerprint density at radius 3 is 2.79 bits per heavy atom. The minimum atomic E-state index is -0.158. The van der Waals surface area contributed by atoms with E-state index in [2.05, 4.69) is 21.4 Å². The average Bonchev–Trinajstić information content (AvgIpc) is 2.42. The van der Waals surface area contributed by atoms with Crippen molar-refractivity contribution in [1.29, 1.82) is 0 Å². The van der Waals surface area contributed by atoms with E-state index in [9.17, 15) is 4.39 Å². The molecule has 1 unspecified atom stereocenters. The lowest BCUT2D eigenvalue weighted by Crippen LogP contribution is -2.39. The summed E-state index contributed by atoms with van der Waals surface area (Å²) in [6, 6.07) is 5.38. The molecular weight excluding hydrogens is 327 g/mol. The number of halogens is 2. The fourth-order valence-corrected chi connectivity index (χ4v) is 4.08. The summed E-state index contributed by atoms with van der Waals surface area (Å²) in [6.45, 7) is 0. The van der Waals surface area contributed by atoms with Crippen LogP contribution in [0.15, 0.2) is 22.7 Å². The monoisotopic (exact) mass is 346 g/mol. The Morgan fingerprint density at radius 1 is 1.42 bits per heavy atom. The van der Waals surface area contributed by atoms with E-state index in [0.29, 0.717) is 6.42 Å². The van der Waals surface area contributed by atoms with Crippen molar-refractivity contribution >= 4 is 27.7 Å². The molecule has 1 saturated heterocycles. The van der Waals surface area contributed by atoms with E-state index >= 15 is 0 Å². The molecule has 0 saturated carbocycles. The minimum Gasteiger partial charge on any atom is -0.271 e. The zero-order chi connectivity index (χ0) is 13.7. The summed E-state index contributed by atoms with van der Waals surface area (Å²) in [7, 11) is 0. The van der Waals surface area contributed by atoms with Crippen molar-refractivity contribution < 1.29 is 4.39 Å². The first-order valence-corrected chi connectivity index (χ1v) is 8.61. The minimum absolute atomic E-state index is 0.156. The van der Waals surface area contributed by atoms with E-state index in [1.165, 1.54) is 30.4 Å². The van der Waals surface area contributed by atoms with Gasteiger partial charge in [-0.1, -0.05) is 22.0 Å². The van der Waals surface area contributed by atoms with E-state index < -0.39 is 0 Å². The number of hydrogen-bond acceptors (Lipinski definition) is 3. The van der Waals surface area contributed by atoms with Crippen LogP contribution in [0.3, 0.4) is 0 Å². The van der Waals surface area contributed by atoms with Crippen molar-refractivity contribution in [2.24, 2.45) is 11.8 Å². The van der Waals surface area contributed by atoms with Gasteiger partial charge in [-0.2, -0.15) is 11.8 Å². The van der Waals surface area contributed by atoms with E-state index in [0.717, 1.165) is 22.4 Å². The highest BCUT2D eigenvalue weighted by atomic mass is 79.9. The van der Waals surface area contributed by atoms with Crippen LogP contribution in [0.1, 0.15) is 24.8 Å². The highest BCUT2D eigenvalue weighted by molar-refractivity contribution is 9.10. The maximum Gasteiger partial charge on any atom is 0.127 e. The Bertz CT molecular complexity index is 410. The third kappa shape index (κ3) is 4.74. The SMILES string of the molecule is NNC(Cc1ccc(Br)cc1F)CC1CCSCC1. The molecule has 2 nitrogen and oxygen atoms in total. The van der Waals surface area contributed by atoms with Crippen LogP contribution in [0.5, 0.6) is 0 Å². The Morgan fingerprint density at radius 2 is 2.16 bits per heavy atom. The molecular formula is C14H20BrFN2S. The maximum atomic E-state index is 13.8. The number of benzene rings is 1. The normalized spacial score (nSPS) is 18.5. The van der Waals surface area contributed by atoms with E-state index in [1.807, 2.05) is 23.9 Å². The molecule has 3 N–H and O–H groups in total. The molecule has 0 radical (unpaired) electrons. The fraction of sp³-hybridized carbons (Fsp3) is 0.571. The third-order valence-electron chi connectivity index (χ3n) is 3.68. The first-order valence-electron chi connectivity index (χ1n) is 6.67. The van der Waals surface area contributed by atoms with Crippen LogP contribution < -0.4 is 11.3 Å². The number of hydrogen-bond donors (Lipinski definition) is 2. The zero-order valence-corrected chi connectivity index (χ0v) is 13.3. The van der Waals surface area contributed by atoms with E-state index in [-0.39, 0.29) is 11.9 Å². The predicted molar refractivity (Wildman–Crippen MR) is 83.6 cm³/mol. The van der Waals surface area contributed by atoms with Gasteiger partial charge in [0.05, 0.1) is 0 Å². The molecule has 19 heavy (non-hydrogen) atoms. The lowest BCUT2D eigenvalue weighted by molar-refractivity contribution is 0.363. The molecule has 2 rings (SSSR count). The molecule has 1 aromatic rings. The smallest absolute Gasteiger partial charge is 0.127 e. The van der Waals surface area contributed by atoms with Crippen molar-refractivity contribution in [3.63, 3.8) is 0 Å². The first-order chi connectivity index (χ1) is 9.19. The topological polar surface area (TPSA) is 38.0 Å². The van der Waals surface area contributed by atoms with Gasteiger partial charge in [-0.05, 0) is 60.8 Å². The fourth-order valence-electron chi connectivity index (χ4n) is 2.55. The summed E-state index contributed by atoms with van der Waals surface area (Å²) in [5.74, 6) is 8.68. The molecule has 1 aliphatic rings. The van der Waals surface area contributed by atoms with Crippen LogP contribution in [-0.4, -0.2) is 17.5 Å². The molecule has 0 aliphatic carbocycles. The summed E-state index contributed by atoms with van der Waals surface area (Å²) in [5, 5.41) is 0. The second-order valence-electron chi connectivity index (χ2n) is 5.09. The molecule has 0 aromatic heterocycles. The lowest BCUT2D eigenvalue weighted by Gasteiger charge is -2.26. The second kappa shape index (κ2) is 7.62. The highest BCUT2D eigenvalue weighted by Crippen LogP contribution is 2.27. The molecule has 1 fully saturated rings. The zero-order valence-electron chi connectivity index (χ0n) is 10.9. The second-order valence-corrected chi connectivity index (χ2v) is 7.24. The third-order valence-corrected chi connectivity index (χ3v) is 5.22. The standard InChI is InChI=1S/C14H20BrFN2S/c15-12-2-1-11(14(16)9-12)8-13(18-17)7-10-3-5-19-6-4-10/h1-2,9-10,13,18H,3-8,17H2. The van der Waals surface area contributed by atoms with Crippen molar-refractivity contribution in [2.75, 3.05) is 11.5 Å². The average molecular weight is 347 g/mol. The summed E-state index contributed by atoms with van der Waals surface area (Å²) in [6.07, 6.45) is 4.20. The van der Waals surface area contributed by atoms with Crippen molar-refractivity contribution in [3.8, 4) is 0 Å². The Labute approximate surface area is 126 Å². The Kier molecular flexibility index (Phi) is 6.13. The number of hydrazine groups is 1. The van der Waals surface area contributed by atoms with Gasteiger partial charge in [-0.25, -0.2) is 4.39 Å². The quantitative estimate of drug-likeness (QED) is 0.633.